The molecule has 3 aromatic heterocycles. The Morgan fingerprint density at radius 2 is 2.25 bits per heavy atom. The minimum atomic E-state index is -0.547. The van der Waals surface area contributed by atoms with Crippen LogP contribution < -0.4 is 0 Å². The molecule has 0 atom stereocenters. The van der Waals surface area contributed by atoms with Gasteiger partial charge in [0.15, 0.2) is 0 Å². The van der Waals surface area contributed by atoms with E-state index in [0.717, 1.165) is 22.3 Å². The third kappa shape index (κ3) is 3.07. The second-order valence-electron chi connectivity index (χ2n) is 7.52. The molecule has 3 aromatic rings. The number of amides is 1. The number of aromatic amines is 1. The lowest BCUT2D eigenvalue weighted by Crippen LogP contribution is -2.64. The number of hydrogen-bond acceptors (Lipinski definition) is 6. The van der Waals surface area contributed by atoms with Crippen molar-refractivity contribution in [3.63, 3.8) is 0 Å². The van der Waals surface area contributed by atoms with Crippen molar-refractivity contribution in [2.45, 2.75) is 25.8 Å². The lowest BCUT2D eigenvalue weighted by atomic mass is 9.87. The molecule has 1 amide bonds. The molecule has 0 saturated carbocycles. The van der Waals surface area contributed by atoms with Gasteiger partial charge in [-0.25, -0.2) is 14.8 Å². The van der Waals surface area contributed by atoms with Crippen LogP contribution in [-0.2, 0) is 10.3 Å². The van der Waals surface area contributed by atoms with E-state index in [4.69, 9.17) is 4.74 Å². The van der Waals surface area contributed by atoms with Crippen LogP contribution in [0.4, 0.5) is 4.79 Å². The number of nitrogens with zero attached hydrogens (tertiary/aromatic N) is 6. The highest BCUT2D eigenvalue weighted by Gasteiger charge is 2.48. The van der Waals surface area contributed by atoms with Gasteiger partial charge in [0, 0.05) is 23.3 Å². The highest BCUT2D eigenvalue weighted by atomic mass is 16.6. The van der Waals surface area contributed by atoms with Crippen LogP contribution in [0.15, 0.2) is 31.0 Å². The van der Waals surface area contributed by atoms with Gasteiger partial charge in [0.25, 0.3) is 0 Å². The number of ether oxygens (including phenoxy) is 1. The van der Waals surface area contributed by atoms with Gasteiger partial charge in [0.05, 0.1) is 44.1 Å². The van der Waals surface area contributed by atoms with Crippen LogP contribution >= 0.6 is 0 Å². The Kier molecular flexibility index (Phi) is 4.47. The highest BCUT2D eigenvalue weighted by molar-refractivity contribution is 5.90. The van der Waals surface area contributed by atoms with Crippen LogP contribution in [0, 0.1) is 17.2 Å². The summed E-state index contributed by atoms with van der Waals surface area (Å²) < 4.78 is 7.06. The molecule has 0 radical (unpaired) electrons. The number of nitriles is 1. The van der Waals surface area contributed by atoms with Gasteiger partial charge in [-0.05, 0) is 12.0 Å². The molecule has 0 aliphatic carbocycles. The van der Waals surface area contributed by atoms with Gasteiger partial charge < -0.3 is 14.6 Å². The predicted molar refractivity (Wildman–Crippen MR) is 101 cm³/mol. The van der Waals surface area contributed by atoms with Crippen molar-refractivity contribution in [1.29, 1.82) is 5.26 Å². The summed E-state index contributed by atoms with van der Waals surface area (Å²) in [6.45, 7) is 5.14. The van der Waals surface area contributed by atoms with Crippen molar-refractivity contribution in [3.8, 4) is 17.3 Å². The van der Waals surface area contributed by atoms with E-state index in [1.807, 2.05) is 32.3 Å². The third-order valence-electron chi connectivity index (χ3n) is 4.87. The van der Waals surface area contributed by atoms with Crippen molar-refractivity contribution in [3.05, 3.63) is 31.0 Å². The minimum Gasteiger partial charge on any atom is -0.449 e. The maximum atomic E-state index is 12.2. The lowest BCUT2D eigenvalue weighted by Gasteiger charge is -2.48. The average molecular weight is 379 g/mol. The van der Waals surface area contributed by atoms with E-state index in [0.29, 0.717) is 19.7 Å². The summed E-state index contributed by atoms with van der Waals surface area (Å²) in [4.78, 5) is 25.4. The second-order valence-corrected chi connectivity index (χ2v) is 7.52. The van der Waals surface area contributed by atoms with Gasteiger partial charge in [-0.2, -0.15) is 10.4 Å². The number of carbonyl (C=O) groups excluding carboxylic acids is 1. The monoisotopic (exact) mass is 379 g/mol. The standard InChI is InChI=1S/C19H21N7O2/c1-13(2)9-28-18(27)25-10-19(11-25,4-5-20)26-8-14(7-24-26)16-15-3-6-21-17(15)23-12-22-16/h3,6-8,12-13H,4,9-11H2,1-2H3,(H,21,22,23). The molecule has 144 valence electrons. The molecule has 9 nitrogen and oxygen atoms in total. The van der Waals surface area contributed by atoms with E-state index in [1.165, 1.54) is 6.33 Å². The third-order valence-corrected chi connectivity index (χ3v) is 4.87. The highest BCUT2D eigenvalue weighted by Crippen LogP contribution is 2.34. The van der Waals surface area contributed by atoms with Crippen LogP contribution in [0.3, 0.4) is 0 Å². The summed E-state index contributed by atoms with van der Waals surface area (Å²) in [5, 5.41) is 14.7. The fourth-order valence-electron chi connectivity index (χ4n) is 3.41. The molecule has 9 heteroatoms. The quantitative estimate of drug-likeness (QED) is 0.729. The molecule has 1 aliphatic rings. The summed E-state index contributed by atoms with van der Waals surface area (Å²) >= 11 is 0. The molecule has 0 unspecified atom stereocenters. The Morgan fingerprint density at radius 3 is 3.00 bits per heavy atom. The van der Waals surface area contributed by atoms with Crippen LogP contribution in [0.25, 0.3) is 22.3 Å². The van der Waals surface area contributed by atoms with Gasteiger partial charge in [-0.15, -0.1) is 0 Å². The van der Waals surface area contributed by atoms with Gasteiger partial charge in [0.1, 0.15) is 17.5 Å². The van der Waals surface area contributed by atoms with E-state index in [-0.39, 0.29) is 18.4 Å². The molecule has 1 aliphatic heterocycles. The van der Waals surface area contributed by atoms with Crippen molar-refractivity contribution < 1.29 is 9.53 Å². The van der Waals surface area contributed by atoms with Crippen LogP contribution in [0.2, 0.25) is 0 Å². The number of rotatable bonds is 5. The van der Waals surface area contributed by atoms with E-state index >= 15 is 0 Å². The van der Waals surface area contributed by atoms with Gasteiger partial charge in [-0.1, -0.05) is 13.8 Å². The summed E-state index contributed by atoms with van der Waals surface area (Å²) in [6.07, 6.45) is 6.84. The van der Waals surface area contributed by atoms with Gasteiger partial charge >= 0.3 is 6.09 Å². The van der Waals surface area contributed by atoms with E-state index in [2.05, 4.69) is 26.1 Å². The maximum Gasteiger partial charge on any atom is 0.409 e. The van der Waals surface area contributed by atoms with E-state index in [1.54, 1.807) is 15.8 Å². The molecular formula is C19H21N7O2. The fraction of sp³-hybridized carbons (Fsp3) is 0.421. The SMILES string of the molecule is CC(C)COC(=O)N1CC(CC#N)(n2cc(-c3ncnc4[nH]ccc34)cn2)C1. The fourth-order valence-corrected chi connectivity index (χ4v) is 3.41. The lowest BCUT2D eigenvalue weighted by molar-refractivity contribution is -0.00306. The zero-order chi connectivity index (χ0) is 19.7. The Labute approximate surface area is 161 Å². The first kappa shape index (κ1) is 18.0. The van der Waals surface area contributed by atoms with Crippen LogP contribution in [0.1, 0.15) is 20.3 Å². The second kappa shape index (κ2) is 6.96. The number of hydrogen-bond donors (Lipinski definition) is 1. The topological polar surface area (TPSA) is 113 Å². The molecule has 0 bridgehead atoms. The molecule has 4 rings (SSSR count). The minimum absolute atomic E-state index is 0.255. The smallest absolute Gasteiger partial charge is 0.409 e. The Balaban J connectivity index is 1.55. The van der Waals surface area contributed by atoms with Gasteiger partial charge in [-0.3, -0.25) is 4.68 Å². The predicted octanol–water partition coefficient (Wildman–Crippen LogP) is 2.54. The first-order valence-electron chi connectivity index (χ1n) is 9.15. The zero-order valence-electron chi connectivity index (χ0n) is 15.8. The molecule has 4 heterocycles. The van der Waals surface area contributed by atoms with Crippen molar-refractivity contribution in [1.82, 2.24) is 29.6 Å². The molecule has 1 N–H and O–H groups in total. The maximum absolute atomic E-state index is 12.2. The molecule has 28 heavy (non-hydrogen) atoms. The Hall–Kier alpha value is -3.41. The van der Waals surface area contributed by atoms with Crippen molar-refractivity contribution >= 4 is 17.1 Å². The summed E-state index contributed by atoms with van der Waals surface area (Å²) in [5.41, 5.74) is 1.82. The molecule has 0 spiro atoms. The van der Waals surface area contributed by atoms with Gasteiger partial charge in [0.2, 0.25) is 0 Å². The molecule has 1 fully saturated rings. The zero-order valence-corrected chi connectivity index (χ0v) is 15.8. The number of likely N-dealkylation sites (tertiary alicyclic amines) is 1. The average Bonchev–Trinajstić information content (AvgIpc) is 3.31. The first-order chi connectivity index (χ1) is 13.5. The van der Waals surface area contributed by atoms with E-state index in [9.17, 15) is 10.1 Å². The van der Waals surface area contributed by atoms with Crippen molar-refractivity contribution in [2.75, 3.05) is 19.7 Å². The molecular weight excluding hydrogens is 358 g/mol. The van der Waals surface area contributed by atoms with Crippen LogP contribution in [0.5, 0.6) is 0 Å². The van der Waals surface area contributed by atoms with E-state index < -0.39 is 5.54 Å². The largest absolute Gasteiger partial charge is 0.449 e. The molecule has 0 aromatic carbocycles. The number of aromatic nitrogens is 5. The van der Waals surface area contributed by atoms with Crippen molar-refractivity contribution in [2.24, 2.45) is 5.92 Å². The number of nitrogens with one attached hydrogen (secondary N) is 1. The Morgan fingerprint density at radius 1 is 1.43 bits per heavy atom. The Bertz CT molecular complexity index is 1040. The number of carbonyl (C=O) groups is 1. The summed E-state index contributed by atoms with van der Waals surface area (Å²) in [7, 11) is 0. The first-order valence-corrected chi connectivity index (χ1v) is 9.15. The van der Waals surface area contributed by atoms with Crippen LogP contribution in [-0.4, -0.2) is 55.4 Å². The normalized spacial score (nSPS) is 15.4. The summed E-state index contributed by atoms with van der Waals surface area (Å²) in [5.74, 6) is 0.279. The molecule has 1 saturated heterocycles. The number of H-pyrrole nitrogens is 1. The number of fused-ring (bicyclic) bond motifs is 1. The summed E-state index contributed by atoms with van der Waals surface area (Å²) in [6, 6.07) is 4.14.